The van der Waals surface area contributed by atoms with Crippen LogP contribution in [0.1, 0.15) is 34.7 Å². The Hall–Kier alpha value is -1.55. The van der Waals surface area contributed by atoms with Gasteiger partial charge >= 0.3 is 0 Å². The summed E-state index contributed by atoms with van der Waals surface area (Å²) in [5, 5.41) is 0. The Bertz CT molecular complexity index is 482. The highest BCUT2D eigenvalue weighted by Crippen LogP contribution is 2.34. The highest BCUT2D eigenvalue weighted by molar-refractivity contribution is 5.76. The van der Waals surface area contributed by atoms with E-state index in [4.69, 9.17) is 10.5 Å². The molecule has 1 atom stereocenters. The summed E-state index contributed by atoms with van der Waals surface area (Å²) < 4.78 is 5.50. The summed E-state index contributed by atoms with van der Waals surface area (Å²) in [7, 11) is 5.12. The summed E-state index contributed by atoms with van der Waals surface area (Å²) in [5.41, 5.74) is 10.5. The van der Waals surface area contributed by atoms with Crippen molar-refractivity contribution in [3.8, 4) is 5.75 Å². The summed E-state index contributed by atoms with van der Waals surface area (Å²) in [6.45, 7) is 6.06. The molecule has 0 aliphatic carbocycles. The number of amides is 1. The number of carbonyl (C=O) groups excluding carboxylic acids is 1. The number of aryl methyl sites for hydroxylation is 2. The third kappa shape index (κ3) is 3.26. The molecule has 19 heavy (non-hydrogen) atoms. The maximum absolute atomic E-state index is 11.8. The first kappa shape index (κ1) is 15.5. The standard InChI is InChI=1S/C15H24N2O2/c1-9-7-10(2)14(15(19-6)11(9)3)12(16)8-13(18)17(4)5/h7,12H,8,16H2,1-6H3. The smallest absolute Gasteiger partial charge is 0.223 e. The lowest BCUT2D eigenvalue weighted by Gasteiger charge is -2.22. The van der Waals surface area contributed by atoms with Crippen molar-refractivity contribution in [2.75, 3.05) is 21.2 Å². The maximum Gasteiger partial charge on any atom is 0.223 e. The highest BCUT2D eigenvalue weighted by atomic mass is 16.5. The van der Waals surface area contributed by atoms with Crippen LogP contribution in [-0.4, -0.2) is 32.0 Å². The molecule has 4 nitrogen and oxygen atoms in total. The first-order valence-electron chi connectivity index (χ1n) is 6.40. The van der Waals surface area contributed by atoms with E-state index >= 15 is 0 Å². The molecule has 1 aromatic rings. The van der Waals surface area contributed by atoms with Crippen molar-refractivity contribution in [1.29, 1.82) is 0 Å². The Labute approximate surface area is 115 Å². The maximum atomic E-state index is 11.8. The molecule has 0 saturated carbocycles. The Morgan fingerprint density at radius 3 is 2.37 bits per heavy atom. The number of methoxy groups -OCH3 is 1. The lowest BCUT2D eigenvalue weighted by Crippen LogP contribution is -2.27. The summed E-state index contributed by atoms with van der Waals surface area (Å²) in [5.74, 6) is 0.823. The van der Waals surface area contributed by atoms with Gasteiger partial charge in [-0.3, -0.25) is 4.79 Å². The lowest BCUT2D eigenvalue weighted by molar-refractivity contribution is -0.129. The number of carbonyl (C=O) groups is 1. The molecule has 0 aliphatic rings. The summed E-state index contributed by atoms with van der Waals surface area (Å²) >= 11 is 0. The van der Waals surface area contributed by atoms with Gasteiger partial charge in [0, 0.05) is 32.1 Å². The largest absolute Gasteiger partial charge is 0.496 e. The third-order valence-electron chi connectivity index (χ3n) is 3.50. The fourth-order valence-electron chi connectivity index (χ4n) is 2.27. The minimum absolute atomic E-state index is 0.0205. The Morgan fingerprint density at radius 1 is 1.32 bits per heavy atom. The average molecular weight is 264 g/mol. The molecule has 0 spiro atoms. The zero-order valence-corrected chi connectivity index (χ0v) is 12.7. The van der Waals surface area contributed by atoms with Crippen LogP contribution in [0, 0.1) is 20.8 Å². The topological polar surface area (TPSA) is 55.6 Å². The van der Waals surface area contributed by atoms with E-state index in [0.717, 1.165) is 22.4 Å². The van der Waals surface area contributed by atoms with Gasteiger partial charge in [-0.15, -0.1) is 0 Å². The third-order valence-corrected chi connectivity index (χ3v) is 3.50. The predicted molar refractivity (Wildman–Crippen MR) is 77.4 cm³/mol. The zero-order chi connectivity index (χ0) is 14.7. The van der Waals surface area contributed by atoms with Gasteiger partial charge in [-0.2, -0.15) is 0 Å². The van der Waals surface area contributed by atoms with Gasteiger partial charge in [-0.25, -0.2) is 0 Å². The second-order valence-electron chi connectivity index (χ2n) is 5.18. The van der Waals surface area contributed by atoms with Crippen molar-refractivity contribution in [3.63, 3.8) is 0 Å². The van der Waals surface area contributed by atoms with E-state index in [2.05, 4.69) is 6.07 Å². The van der Waals surface area contributed by atoms with Crippen LogP contribution in [0.2, 0.25) is 0 Å². The van der Waals surface area contributed by atoms with Crippen molar-refractivity contribution in [2.45, 2.75) is 33.2 Å². The summed E-state index contributed by atoms with van der Waals surface area (Å²) in [6.07, 6.45) is 0.284. The first-order valence-corrected chi connectivity index (χ1v) is 6.40. The molecule has 1 rings (SSSR count). The van der Waals surface area contributed by atoms with Crippen LogP contribution in [0.3, 0.4) is 0 Å². The molecular weight excluding hydrogens is 240 g/mol. The quantitative estimate of drug-likeness (QED) is 0.906. The number of rotatable bonds is 4. The molecule has 1 aromatic carbocycles. The zero-order valence-electron chi connectivity index (χ0n) is 12.7. The molecule has 1 unspecified atom stereocenters. The molecule has 0 aromatic heterocycles. The minimum Gasteiger partial charge on any atom is -0.496 e. The Morgan fingerprint density at radius 2 is 1.89 bits per heavy atom. The number of nitrogens with two attached hydrogens (primary N) is 1. The summed E-state index contributed by atoms with van der Waals surface area (Å²) in [4.78, 5) is 13.4. The highest BCUT2D eigenvalue weighted by Gasteiger charge is 2.21. The fraction of sp³-hybridized carbons (Fsp3) is 0.533. The van der Waals surface area contributed by atoms with Crippen molar-refractivity contribution >= 4 is 5.91 Å². The minimum atomic E-state index is -0.343. The van der Waals surface area contributed by atoms with E-state index in [1.165, 1.54) is 5.56 Å². The average Bonchev–Trinajstić information content (AvgIpc) is 2.32. The van der Waals surface area contributed by atoms with E-state index in [0.29, 0.717) is 0 Å². The van der Waals surface area contributed by atoms with Crippen molar-refractivity contribution in [2.24, 2.45) is 5.73 Å². The van der Waals surface area contributed by atoms with E-state index in [1.807, 2.05) is 20.8 Å². The van der Waals surface area contributed by atoms with E-state index < -0.39 is 0 Å². The van der Waals surface area contributed by atoms with Gasteiger partial charge in [0.05, 0.1) is 7.11 Å². The Kier molecular flexibility index (Phi) is 4.95. The molecule has 2 N–H and O–H groups in total. The molecule has 4 heteroatoms. The van der Waals surface area contributed by atoms with Crippen LogP contribution in [0.25, 0.3) is 0 Å². The molecule has 0 fully saturated rings. The molecule has 1 amide bonds. The van der Waals surface area contributed by atoms with Gasteiger partial charge in [0.25, 0.3) is 0 Å². The predicted octanol–water partition coefficient (Wildman–Crippen LogP) is 2.10. The number of hydrogen-bond donors (Lipinski definition) is 1. The van der Waals surface area contributed by atoms with Gasteiger partial charge in [0.1, 0.15) is 5.75 Å². The van der Waals surface area contributed by atoms with Gasteiger partial charge in [-0.1, -0.05) is 6.07 Å². The second kappa shape index (κ2) is 6.06. The molecular formula is C15H24N2O2. The van der Waals surface area contributed by atoms with E-state index in [1.54, 1.807) is 26.1 Å². The monoisotopic (exact) mass is 264 g/mol. The molecule has 0 aliphatic heterocycles. The second-order valence-corrected chi connectivity index (χ2v) is 5.18. The normalized spacial score (nSPS) is 12.2. The molecule has 106 valence electrons. The number of hydrogen-bond acceptors (Lipinski definition) is 3. The van der Waals surface area contributed by atoms with Crippen LogP contribution in [-0.2, 0) is 4.79 Å². The van der Waals surface area contributed by atoms with Crippen molar-refractivity contribution in [1.82, 2.24) is 4.90 Å². The van der Waals surface area contributed by atoms with Crippen LogP contribution in [0.4, 0.5) is 0 Å². The fourth-order valence-corrected chi connectivity index (χ4v) is 2.27. The SMILES string of the molecule is COc1c(C)c(C)cc(C)c1C(N)CC(=O)N(C)C. The van der Waals surface area contributed by atoms with Crippen molar-refractivity contribution < 1.29 is 9.53 Å². The lowest BCUT2D eigenvalue weighted by atomic mass is 9.93. The summed E-state index contributed by atoms with van der Waals surface area (Å²) in [6, 6.07) is 1.75. The number of nitrogens with zero attached hydrogens (tertiary/aromatic N) is 1. The molecule has 0 heterocycles. The first-order chi connectivity index (χ1) is 8.79. The molecule has 0 radical (unpaired) electrons. The van der Waals surface area contributed by atoms with Gasteiger partial charge < -0.3 is 15.4 Å². The van der Waals surface area contributed by atoms with E-state index in [-0.39, 0.29) is 18.4 Å². The van der Waals surface area contributed by atoms with Crippen LogP contribution >= 0.6 is 0 Å². The van der Waals surface area contributed by atoms with Gasteiger partial charge in [-0.05, 0) is 37.5 Å². The molecule has 0 saturated heterocycles. The van der Waals surface area contributed by atoms with E-state index in [9.17, 15) is 4.79 Å². The molecule has 0 bridgehead atoms. The van der Waals surface area contributed by atoms with Crippen LogP contribution < -0.4 is 10.5 Å². The van der Waals surface area contributed by atoms with Crippen LogP contribution in [0.15, 0.2) is 6.07 Å². The number of ether oxygens (including phenoxy) is 1. The Balaban J connectivity index is 3.19. The number of benzene rings is 1. The van der Waals surface area contributed by atoms with Gasteiger partial charge in [0.15, 0.2) is 0 Å². The van der Waals surface area contributed by atoms with Gasteiger partial charge in [0.2, 0.25) is 5.91 Å². The van der Waals surface area contributed by atoms with Crippen LogP contribution in [0.5, 0.6) is 5.75 Å². The van der Waals surface area contributed by atoms with Crippen molar-refractivity contribution in [3.05, 3.63) is 28.3 Å².